The van der Waals surface area contributed by atoms with Gasteiger partial charge in [-0.1, -0.05) is 36.4 Å². The molecule has 2 aromatic carbocycles. The third kappa shape index (κ3) is 4.48. The van der Waals surface area contributed by atoms with Crippen molar-refractivity contribution >= 4 is 10.1 Å². The van der Waals surface area contributed by atoms with E-state index in [0.717, 1.165) is 25.2 Å². The van der Waals surface area contributed by atoms with Crippen LogP contribution in [0.1, 0.15) is 11.7 Å². The molecule has 1 atom stereocenters. The molecule has 1 heterocycles. The molecule has 6 heteroatoms. The highest BCUT2D eigenvalue weighted by Gasteiger charge is 2.22. The number of rotatable bonds is 6. The minimum Gasteiger partial charge on any atom is -0.379 e. The predicted octanol–water partition coefficient (Wildman–Crippen LogP) is 3.01. The lowest BCUT2D eigenvalue weighted by atomic mass is 10.1. The third-order valence-electron chi connectivity index (χ3n) is 4.03. The zero-order valence-electron chi connectivity index (χ0n) is 13.9. The van der Waals surface area contributed by atoms with E-state index in [1.807, 2.05) is 18.2 Å². The number of morpholine rings is 1. The maximum Gasteiger partial charge on any atom is 0.339 e. The molecule has 3 rings (SSSR count). The van der Waals surface area contributed by atoms with Crippen LogP contribution in [0.4, 0.5) is 0 Å². The fourth-order valence-electron chi connectivity index (χ4n) is 2.75. The van der Waals surface area contributed by atoms with Crippen LogP contribution in [-0.2, 0) is 14.9 Å². The van der Waals surface area contributed by atoms with Gasteiger partial charge < -0.3 is 8.92 Å². The van der Waals surface area contributed by atoms with Crippen molar-refractivity contribution in [2.45, 2.75) is 11.0 Å². The first-order valence-corrected chi connectivity index (χ1v) is 9.54. The van der Waals surface area contributed by atoms with E-state index in [4.69, 9.17) is 8.92 Å². The Morgan fingerprint density at radius 2 is 1.88 bits per heavy atom. The van der Waals surface area contributed by atoms with Gasteiger partial charge in [-0.2, -0.15) is 8.42 Å². The summed E-state index contributed by atoms with van der Waals surface area (Å²) in [6, 6.07) is 15.1. The molecule has 0 bridgehead atoms. The largest absolute Gasteiger partial charge is 0.379 e. The Hall–Kier alpha value is -2.15. The van der Waals surface area contributed by atoms with Gasteiger partial charge in [-0.05, 0) is 29.8 Å². The van der Waals surface area contributed by atoms with Crippen LogP contribution < -0.4 is 4.18 Å². The molecule has 1 fully saturated rings. The predicted molar refractivity (Wildman–Crippen MR) is 96.0 cm³/mol. The van der Waals surface area contributed by atoms with E-state index in [0.29, 0.717) is 6.61 Å². The maximum absolute atomic E-state index is 12.2. The van der Waals surface area contributed by atoms with Crippen LogP contribution in [0, 0.1) is 0 Å². The number of hydrogen-bond donors (Lipinski definition) is 0. The second-order valence-electron chi connectivity index (χ2n) is 5.83. The lowest BCUT2D eigenvalue weighted by Gasteiger charge is -2.32. The van der Waals surface area contributed by atoms with Crippen molar-refractivity contribution < 1.29 is 17.3 Å². The Labute approximate surface area is 148 Å². The summed E-state index contributed by atoms with van der Waals surface area (Å²) in [4.78, 5) is 2.40. The van der Waals surface area contributed by atoms with Gasteiger partial charge in [0.15, 0.2) is 0 Å². The Kier molecular flexibility index (Phi) is 5.53. The molecule has 0 amide bonds. The Morgan fingerprint density at radius 1 is 1.16 bits per heavy atom. The first-order valence-electron chi connectivity index (χ1n) is 8.13. The van der Waals surface area contributed by atoms with Gasteiger partial charge in [0.2, 0.25) is 0 Å². The van der Waals surface area contributed by atoms with Gasteiger partial charge in [-0.25, -0.2) is 0 Å². The average molecular weight is 359 g/mol. The average Bonchev–Trinajstić information content (AvgIpc) is 2.63. The highest BCUT2D eigenvalue weighted by molar-refractivity contribution is 7.87. The molecular weight excluding hydrogens is 338 g/mol. The monoisotopic (exact) mass is 359 g/mol. The third-order valence-corrected chi connectivity index (χ3v) is 5.29. The van der Waals surface area contributed by atoms with E-state index in [2.05, 4.69) is 11.5 Å². The van der Waals surface area contributed by atoms with Crippen molar-refractivity contribution in [1.82, 2.24) is 4.90 Å². The molecule has 1 aliphatic heterocycles. The molecule has 25 heavy (non-hydrogen) atoms. The van der Waals surface area contributed by atoms with Gasteiger partial charge in [0.05, 0.1) is 12.7 Å². The van der Waals surface area contributed by atoms with E-state index in [-0.39, 0.29) is 16.7 Å². The molecular formula is C19H21NO4S. The second-order valence-corrected chi connectivity index (χ2v) is 7.37. The minimum absolute atomic E-state index is 0.0338. The molecule has 0 aliphatic carbocycles. The van der Waals surface area contributed by atoms with E-state index in [1.165, 1.54) is 12.1 Å². The Bertz CT molecular complexity index is 803. The summed E-state index contributed by atoms with van der Waals surface area (Å²) in [6.45, 7) is 6.94. The minimum atomic E-state index is -3.82. The number of hydrogen-bond acceptors (Lipinski definition) is 5. The molecule has 1 aliphatic rings. The maximum atomic E-state index is 12.2. The fraction of sp³-hybridized carbons (Fsp3) is 0.263. The second kappa shape index (κ2) is 7.82. The Balaban J connectivity index is 1.69. The van der Waals surface area contributed by atoms with Gasteiger partial charge in [-0.15, -0.1) is 6.58 Å². The van der Waals surface area contributed by atoms with Crippen molar-refractivity contribution in [2.24, 2.45) is 0 Å². The van der Waals surface area contributed by atoms with Gasteiger partial charge >= 0.3 is 10.1 Å². The fourth-order valence-corrected chi connectivity index (χ4v) is 3.70. The summed E-state index contributed by atoms with van der Waals surface area (Å²) in [5.74, 6) is 0.284. The summed E-state index contributed by atoms with van der Waals surface area (Å²) < 4.78 is 35.5. The smallest absolute Gasteiger partial charge is 0.339 e. The zero-order valence-corrected chi connectivity index (χ0v) is 14.7. The van der Waals surface area contributed by atoms with Crippen LogP contribution in [0.2, 0.25) is 0 Å². The SMILES string of the molecule is C=CCN1CCO[C@H](c2ccc(OS(=O)(=O)c3ccccc3)cc2)C1. The van der Waals surface area contributed by atoms with Gasteiger partial charge in [0.25, 0.3) is 0 Å². The summed E-state index contributed by atoms with van der Waals surface area (Å²) in [5, 5.41) is 0. The summed E-state index contributed by atoms with van der Waals surface area (Å²) in [5.41, 5.74) is 0.998. The van der Waals surface area contributed by atoms with Gasteiger partial charge in [0, 0.05) is 19.6 Å². The normalized spacial score (nSPS) is 18.6. The van der Waals surface area contributed by atoms with Crippen LogP contribution in [-0.4, -0.2) is 39.6 Å². The van der Waals surface area contributed by atoms with E-state index < -0.39 is 10.1 Å². The van der Waals surface area contributed by atoms with Crippen molar-refractivity contribution in [3.63, 3.8) is 0 Å². The molecule has 0 N–H and O–H groups in total. The van der Waals surface area contributed by atoms with Crippen molar-refractivity contribution in [2.75, 3.05) is 26.2 Å². The van der Waals surface area contributed by atoms with Crippen LogP contribution in [0.25, 0.3) is 0 Å². The lowest BCUT2D eigenvalue weighted by molar-refractivity contribution is -0.0260. The summed E-state index contributed by atoms with van der Waals surface area (Å²) in [6.07, 6.45) is 1.85. The lowest BCUT2D eigenvalue weighted by Crippen LogP contribution is -2.38. The standard InChI is InChI=1S/C19H21NO4S/c1-2-12-20-13-14-23-19(15-20)16-8-10-17(11-9-16)24-25(21,22)18-6-4-3-5-7-18/h2-11,19H,1,12-15H2/t19-/m0/s1. The van der Waals surface area contributed by atoms with Crippen LogP contribution in [0.5, 0.6) is 5.75 Å². The van der Waals surface area contributed by atoms with Crippen LogP contribution in [0.3, 0.4) is 0 Å². The topological polar surface area (TPSA) is 55.8 Å². The Morgan fingerprint density at radius 3 is 2.56 bits per heavy atom. The molecule has 0 unspecified atom stereocenters. The van der Waals surface area contributed by atoms with Crippen LogP contribution in [0.15, 0.2) is 72.1 Å². The molecule has 0 aromatic heterocycles. The molecule has 0 radical (unpaired) electrons. The number of ether oxygens (including phenoxy) is 1. The molecule has 0 saturated carbocycles. The van der Waals surface area contributed by atoms with Crippen molar-refractivity contribution in [1.29, 1.82) is 0 Å². The number of benzene rings is 2. The highest BCUT2D eigenvalue weighted by Crippen LogP contribution is 2.25. The quantitative estimate of drug-likeness (QED) is 0.586. The van der Waals surface area contributed by atoms with Crippen LogP contribution >= 0.6 is 0 Å². The van der Waals surface area contributed by atoms with E-state index >= 15 is 0 Å². The molecule has 1 saturated heterocycles. The summed E-state index contributed by atoms with van der Waals surface area (Å²) >= 11 is 0. The zero-order chi connectivity index (χ0) is 17.7. The van der Waals surface area contributed by atoms with Gasteiger partial charge in [-0.3, -0.25) is 4.90 Å². The molecule has 132 valence electrons. The van der Waals surface area contributed by atoms with Crippen molar-refractivity contribution in [3.8, 4) is 5.75 Å². The molecule has 2 aromatic rings. The first kappa shape index (κ1) is 17.7. The molecule has 0 spiro atoms. The first-order chi connectivity index (χ1) is 12.1. The highest BCUT2D eigenvalue weighted by atomic mass is 32.2. The summed E-state index contributed by atoms with van der Waals surface area (Å²) in [7, 11) is -3.82. The van der Waals surface area contributed by atoms with E-state index in [9.17, 15) is 8.42 Å². The number of nitrogens with zero attached hydrogens (tertiary/aromatic N) is 1. The van der Waals surface area contributed by atoms with E-state index in [1.54, 1.807) is 30.3 Å². The van der Waals surface area contributed by atoms with Gasteiger partial charge in [0.1, 0.15) is 10.6 Å². The molecule has 5 nitrogen and oxygen atoms in total. The van der Waals surface area contributed by atoms with Crippen molar-refractivity contribution in [3.05, 3.63) is 72.8 Å².